The van der Waals surface area contributed by atoms with Crippen LogP contribution >= 0.6 is 0 Å². The van der Waals surface area contributed by atoms with Crippen molar-refractivity contribution in [2.45, 2.75) is 6.42 Å². The summed E-state index contributed by atoms with van der Waals surface area (Å²) < 4.78 is 6.36. The molecule has 0 spiro atoms. The van der Waals surface area contributed by atoms with Gasteiger partial charge in [-0.2, -0.15) is 0 Å². The maximum atomic E-state index is 10.2. The highest BCUT2D eigenvalue weighted by atomic mass is 17.2. The zero-order valence-corrected chi connectivity index (χ0v) is 4.05. The Hall–Kier alpha value is -0.120. The van der Waals surface area contributed by atoms with Gasteiger partial charge in [-0.15, -0.1) is 0 Å². The Labute approximate surface area is 42.1 Å². The van der Waals surface area contributed by atoms with Crippen LogP contribution in [0.3, 0.4) is 0 Å². The summed E-state index contributed by atoms with van der Waals surface area (Å²) in [6.45, 7) is 1.46. The molecule has 0 amide bonds. The maximum absolute atomic E-state index is 10.2. The molecule has 0 N–H and O–H groups in total. The minimum atomic E-state index is 0.181. The predicted molar refractivity (Wildman–Crippen MR) is 21.4 cm³/mol. The topological polar surface area (TPSA) is 35.0 Å². The Morgan fingerprint density at radius 1 is 1.57 bits per heavy atom. The summed E-state index contributed by atoms with van der Waals surface area (Å²) >= 11 is 0. The van der Waals surface area contributed by atoms with Gasteiger partial charge in [0.2, 0.25) is 0 Å². The average molecular weight is 104 g/mol. The van der Waals surface area contributed by atoms with Gasteiger partial charge in [0.05, 0.1) is 6.61 Å². The van der Waals surface area contributed by atoms with Crippen molar-refractivity contribution in [3.8, 4) is 0 Å². The molecule has 0 unspecified atom stereocenters. The molecular formula is C4H8O3. The standard InChI is InChI=1S/C4H8O3/c5-7-3-1-2-6-4-7/h1-4H2. The van der Waals surface area contributed by atoms with E-state index < -0.39 is 0 Å². The first-order valence-electron chi connectivity index (χ1n) is 2.32. The fourth-order valence-corrected chi connectivity index (χ4v) is 0.533. The minimum Gasteiger partial charge on any atom is -0.532 e. The Bertz CT molecular complexity index is 48.9. The molecule has 0 atom stereocenters. The third-order valence-electron chi connectivity index (χ3n) is 0.875. The Balaban J connectivity index is 2.12. The Morgan fingerprint density at radius 2 is 2.43 bits per heavy atom. The molecule has 0 aliphatic carbocycles. The van der Waals surface area contributed by atoms with Crippen molar-refractivity contribution < 1.29 is 14.5 Å². The molecule has 0 aromatic rings. The Kier molecular flexibility index (Phi) is 1.62. The van der Waals surface area contributed by atoms with Gasteiger partial charge in [-0.3, -0.25) is 0 Å². The molecule has 0 bridgehead atoms. The van der Waals surface area contributed by atoms with Crippen LogP contribution < -0.4 is 5.26 Å². The monoisotopic (exact) mass is 104 g/mol. The van der Waals surface area contributed by atoms with Gasteiger partial charge in [0.1, 0.15) is 0 Å². The minimum absolute atomic E-state index is 0.181. The summed E-state index contributed by atoms with van der Waals surface area (Å²) in [7, 11) is 0. The van der Waals surface area contributed by atoms with E-state index in [4.69, 9.17) is 4.74 Å². The molecule has 42 valence electrons. The number of hydrogen-bond acceptors (Lipinski definition) is 2. The molecule has 1 saturated heterocycles. The summed E-state index contributed by atoms with van der Waals surface area (Å²) in [5, 5.41) is 10.2. The maximum Gasteiger partial charge on any atom is 0.261 e. The SMILES string of the molecule is [O-][O+]1CCCOC1. The fourth-order valence-electron chi connectivity index (χ4n) is 0.533. The van der Waals surface area contributed by atoms with Gasteiger partial charge >= 0.3 is 0 Å². The van der Waals surface area contributed by atoms with E-state index in [2.05, 4.69) is 0 Å². The zero-order valence-electron chi connectivity index (χ0n) is 4.05. The first-order chi connectivity index (χ1) is 3.39. The first-order valence-corrected chi connectivity index (χ1v) is 2.32. The molecule has 1 aliphatic rings. The van der Waals surface area contributed by atoms with E-state index in [-0.39, 0.29) is 6.79 Å². The molecule has 3 heteroatoms. The van der Waals surface area contributed by atoms with Crippen molar-refractivity contribution in [2.24, 2.45) is 0 Å². The van der Waals surface area contributed by atoms with Crippen molar-refractivity contribution >= 4 is 0 Å². The molecular weight excluding hydrogens is 96.0 g/mol. The predicted octanol–water partition coefficient (Wildman–Crippen LogP) is -0.808. The largest absolute Gasteiger partial charge is 0.532 e. The fraction of sp³-hybridized carbons (Fsp3) is 1.00. The van der Waals surface area contributed by atoms with E-state index in [1.807, 2.05) is 0 Å². The molecule has 0 aromatic heterocycles. The average Bonchev–Trinajstić information content (AvgIpc) is 1.69. The lowest BCUT2D eigenvalue weighted by Crippen LogP contribution is -2.33. The van der Waals surface area contributed by atoms with Crippen LogP contribution in [0.5, 0.6) is 0 Å². The number of rotatable bonds is 0. The van der Waals surface area contributed by atoms with Gasteiger partial charge in [0.15, 0.2) is 6.61 Å². The molecule has 3 nitrogen and oxygen atoms in total. The van der Waals surface area contributed by atoms with Crippen LogP contribution in [0.1, 0.15) is 6.42 Å². The van der Waals surface area contributed by atoms with E-state index >= 15 is 0 Å². The molecule has 0 saturated carbocycles. The number of ether oxygens (including phenoxy) is 1. The zero-order chi connectivity index (χ0) is 5.11. The Morgan fingerprint density at radius 3 is 2.71 bits per heavy atom. The van der Waals surface area contributed by atoms with Crippen LogP contribution in [0, 0.1) is 0 Å². The van der Waals surface area contributed by atoms with Gasteiger partial charge in [0, 0.05) is 6.42 Å². The van der Waals surface area contributed by atoms with Crippen LogP contribution in [-0.4, -0.2) is 20.0 Å². The van der Waals surface area contributed by atoms with Gasteiger partial charge in [-0.1, -0.05) is 0 Å². The third-order valence-corrected chi connectivity index (χ3v) is 0.875. The van der Waals surface area contributed by atoms with Crippen molar-refractivity contribution in [1.29, 1.82) is 0 Å². The second kappa shape index (κ2) is 2.26. The summed E-state index contributed by atoms with van der Waals surface area (Å²) in [6.07, 6.45) is 0.841. The quantitative estimate of drug-likeness (QED) is 0.297. The van der Waals surface area contributed by atoms with E-state index in [0.717, 1.165) is 13.0 Å². The smallest absolute Gasteiger partial charge is 0.261 e. The molecule has 1 aliphatic heterocycles. The normalized spacial score (nSPS) is 25.3. The van der Waals surface area contributed by atoms with Crippen LogP contribution in [0.15, 0.2) is 0 Å². The molecule has 0 radical (unpaired) electrons. The van der Waals surface area contributed by atoms with Crippen molar-refractivity contribution in [3.05, 3.63) is 0 Å². The van der Waals surface area contributed by atoms with Gasteiger partial charge < -0.3 is 14.5 Å². The lowest BCUT2D eigenvalue weighted by Gasteiger charge is -2.23. The van der Waals surface area contributed by atoms with E-state index in [1.165, 1.54) is 0 Å². The number of hydrogen-bond donors (Lipinski definition) is 0. The van der Waals surface area contributed by atoms with Crippen LogP contribution in [0.2, 0.25) is 0 Å². The second-order valence-corrected chi connectivity index (χ2v) is 1.52. The lowest BCUT2D eigenvalue weighted by molar-refractivity contribution is -0.810. The van der Waals surface area contributed by atoms with Gasteiger partial charge in [0.25, 0.3) is 6.79 Å². The van der Waals surface area contributed by atoms with Crippen LogP contribution in [0.4, 0.5) is 0 Å². The van der Waals surface area contributed by atoms with E-state index in [0.29, 0.717) is 6.61 Å². The van der Waals surface area contributed by atoms with Gasteiger partial charge in [-0.05, 0) is 0 Å². The molecule has 1 rings (SSSR count). The molecule has 0 aromatic carbocycles. The van der Waals surface area contributed by atoms with E-state index in [9.17, 15) is 5.26 Å². The van der Waals surface area contributed by atoms with Crippen molar-refractivity contribution in [3.63, 3.8) is 0 Å². The summed E-state index contributed by atoms with van der Waals surface area (Å²) in [4.78, 5) is 0. The van der Waals surface area contributed by atoms with E-state index in [1.54, 1.807) is 4.52 Å². The van der Waals surface area contributed by atoms with Crippen LogP contribution in [0.25, 0.3) is 0 Å². The summed E-state index contributed by atoms with van der Waals surface area (Å²) in [5.41, 5.74) is 0. The van der Waals surface area contributed by atoms with Crippen LogP contribution in [-0.2, 0) is 9.25 Å². The highest BCUT2D eigenvalue weighted by Crippen LogP contribution is 1.97. The molecule has 7 heavy (non-hydrogen) atoms. The molecule has 1 fully saturated rings. The summed E-state index contributed by atoms with van der Waals surface area (Å²) in [5.74, 6) is 0. The lowest BCUT2D eigenvalue weighted by atomic mass is 10.5. The first kappa shape index (κ1) is 5.03. The third kappa shape index (κ3) is 1.43. The highest BCUT2D eigenvalue weighted by molar-refractivity contribution is 4.36. The summed E-state index contributed by atoms with van der Waals surface area (Å²) in [6, 6.07) is 0. The van der Waals surface area contributed by atoms with Crippen molar-refractivity contribution in [1.82, 2.24) is 0 Å². The molecule has 1 heterocycles. The second-order valence-electron chi connectivity index (χ2n) is 1.52. The highest BCUT2D eigenvalue weighted by Gasteiger charge is 2.05. The van der Waals surface area contributed by atoms with Crippen molar-refractivity contribution in [2.75, 3.05) is 20.0 Å². The van der Waals surface area contributed by atoms with Gasteiger partial charge in [-0.25, -0.2) is 0 Å².